The van der Waals surface area contributed by atoms with Gasteiger partial charge < -0.3 is 0 Å². The second-order valence-electron chi connectivity index (χ2n) is 5.16. The summed E-state index contributed by atoms with van der Waals surface area (Å²) in [6.45, 7) is 0. The zero-order valence-electron chi connectivity index (χ0n) is 11.2. The Kier molecular flexibility index (Phi) is 3.37. The van der Waals surface area contributed by atoms with E-state index in [1.165, 1.54) is 45.0 Å². The number of hydrogen-bond donors (Lipinski definition) is 0. The summed E-state index contributed by atoms with van der Waals surface area (Å²) in [5.41, 5.74) is 1.54. The molecule has 0 aliphatic carbocycles. The van der Waals surface area contributed by atoms with Crippen molar-refractivity contribution in [3.63, 3.8) is 0 Å². The van der Waals surface area contributed by atoms with Gasteiger partial charge >= 0.3 is 0 Å². The van der Waals surface area contributed by atoms with E-state index in [9.17, 15) is 0 Å². The molecule has 3 aromatic carbocycles. The second-order valence-corrected chi connectivity index (χ2v) is 7.88. The SMILES string of the molecule is c1ccc2c(C3SCCCS3)c3ccccc3cc2c1. The first-order valence-corrected chi connectivity index (χ1v) is 9.17. The zero-order chi connectivity index (χ0) is 13.4. The lowest BCUT2D eigenvalue weighted by Gasteiger charge is -2.24. The van der Waals surface area contributed by atoms with Gasteiger partial charge in [-0.3, -0.25) is 0 Å². The highest BCUT2D eigenvalue weighted by Crippen LogP contribution is 2.48. The molecule has 0 spiro atoms. The molecule has 1 heterocycles. The van der Waals surface area contributed by atoms with E-state index in [0.717, 1.165) is 0 Å². The number of hydrogen-bond acceptors (Lipinski definition) is 2. The van der Waals surface area contributed by atoms with Crippen molar-refractivity contribution in [1.29, 1.82) is 0 Å². The van der Waals surface area contributed by atoms with Gasteiger partial charge in [0, 0.05) is 0 Å². The summed E-state index contributed by atoms with van der Waals surface area (Å²) >= 11 is 4.22. The van der Waals surface area contributed by atoms with Crippen LogP contribution in [0.2, 0.25) is 0 Å². The Morgan fingerprint density at radius 1 is 0.750 bits per heavy atom. The van der Waals surface area contributed by atoms with Crippen molar-refractivity contribution in [3.05, 3.63) is 60.2 Å². The van der Waals surface area contributed by atoms with Crippen LogP contribution in [-0.2, 0) is 0 Å². The molecule has 1 fully saturated rings. The summed E-state index contributed by atoms with van der Waals surface area (Å²) in [5, 5.41) is 5.59. The summed E-state index contributed by atoms with van der Waals surface area (Å²) < 4.78 is 0.583. The summed E-state index contributed by atoms with van der Waals surface area (Å²) in [4.78, 5) is 0. The van der Waals surface area contributed by atoms with E-state index in [4.69, 9.17) is 0 Å². The van der Waals surface area contributed by atoms with E-state index in [0.29, 0.717) is 4.58 Å². The van der Waals surface area contributed by atoms with Gasteiger partial charge in [-0.25, -0.2) is 0 Å². The minimum absolute atomic E-state index is 0.583. The lowest BCUT2D eigenvalue weighted by Crippen LogP contribution is -2.01. The van der Waals surface area contributed by atoms with Gasteiger partial charge in [-0.15, -0.1) is 23.5 Å². The van der Waals surface area contributed by atoms with Gasteiger partial charge in [0.2, 0.25) is 0 Å². The highest BCUT2D eigenvalue weighted by atomic mass is 32.2. The standard InChI is InChI=1S/C18H16S2/c1-3-8-15-13(6-1)12-14-7-2-4-9-16(14)17(15)18-19-10-5-11-20-18/h1-4,6-9,12,18H,5,10-11H2. The lowest BCUT2D eigenvalue weighted by atomic mass is 9.98. The fourth-order valence-corrected chi connectivity index (χ4v) is 5.99. The van der Waals surface area contributed by atoms with E-state index < -0.39 is 0 Å². The van der Waals surface area contributed by atoms with Crippen LogP contribution in [0.3, 0.4) is 0 Å². The first-order chi connectivity index (χ1) is 9.93. The summed E-state index contributed by atoms with van der Waals surface area (Å²) in [6.07, 6.45) is 1.34. The zero-order valence-corrected chi connectivity index (χ0v) is 12.8. The minimum Gasteiger partial charge on any atom is -0.143 e. The van der Waals surface area contributed by atoms with Crippen molar-refractivity contribution >= 4 is 45.1 Å². The Hall–Kier alpha value is -1.12. The molecule has 0 amide bonds. The number of benzene rings is 3. The molecule has 0 bridgehead atoms. The molecule has 0 aromatic heterocycles. The molecule has 0 nitrogen and oxygen atoms in total. The van der Waals surface area contributed by atoms with Gasteiger partial charge in [0.15, 0.2) is 0 Å². The van der Waals surface area contributed by atoms with Crippen LogP contribution in [-0.4, -0.2) is 11.5 Å². The molecule has 0 saturated carbocycles. The normalized spacial score (nSPS) is 16.8. The van der Waals surface area contributed by atoms with Crippen molar-refractivity contribution in [1.82, 2.24) is 0 Å². The van der Waals surface area contributed by atoms with Crippen molar-refractivity contribution in [2.45, 2.75) is 11.0 Å². The Bertz CT molecular complexity index is 704. The quantitative estimate of drug-likeness (QED) is 0.516. The molecule has 0 unspecified atom stereocenters. The molecule has 20 heavy (non-hydrogen) atoms. The van der Waals surface area contributed by atoms with Crippen LogP contribution in [0.25, 0.3) is 21.5 Å². The average Bonchev–Trinajstić information content (AvgIpc) is 2.53. The predicted octanol–water partition coefficient (Wildman–Crippen LogP) is 5.86. The first-order valence-electron chi connectivity index (χ1n) is 7.07. The summed E-state index contributed by atoms with van der Waals surface area (Å²) in [5.74, 6) is 2.57. The van der Waals surface area contributed by atoms with Crippen LogP contribution in [0.15, 0.2) is 54.6 Å². The monoisotopic (exact) mass is 296 g/mol. The maximum atomic E-state index is 2.33. The van der Waals surface area contributed by atoms with Crippen LogP contribution in [0.1, 0.15) is 16.6 Å². The van der Waals surface area contributed by atoms with E-state index in [1.807, 2.05) is 0 Å². The molecule has 1 saturated heterocycles. The van der Waals surface area contributed by atoms with E-state index >= 15 is 0 Å². The smallest absolute Gasteiger partial charge is 0.0763 e. The number of fused-ring (bicyclic) bond motifs is 2. The molecule has 0 N–H and O–H groups in total. The molecule has 1 aliphatic heterocycles. The molecule has 0 atom stereocenters. The number of thioether (sulfide) groups is 2. The van der Waals surface area contributed by atoms with Gasteiger partial charge in [0.25, 0.3) is 0 Å². The Balaban J connectivity index is 2.06. The molecule has 0 radical (unpaired) electrons. The molecule has 100 valence electrons. The van der Waals surface area contributed by atoms with Crippen LogP contribution in [0, 0.1) is 0 Å². The summed E-state index contributed by atoms with van der Waals surface area (Å²) in [6, 6.07) is 20.0. The molecule has 2 heteroatoms. The van der Waals surface area contributed by atoms with Gasteiger partial charge in [0.05, 0.1) is 4.58 Å². The highest BCUT2D eigenvalue weighted by Gasteiger charge is 2.21. The van der Waals surface area contributed by atoms with Gasteiger partial charge in [0.1, 0.15) is 0 Å². The largest absolute Gasteiger partial charge is 0.143 e. The molecular formula is C18H16S2. The van der Waals surface area contributed by atoms with Crippen LogP contribution in [0.5, 0.6) is 0 Å². The van der Waals surface area contributed by atoms with Gasteiger partial charge in [-0.05, 0) is 51.1 Å². The molecule has 4 rings (SSSR count). The third-order valence-corrected chi connectivity index (χ3v) is 6.82. The molecular weight excluding hydrogens is 280 g/mol. The van der Waals surface area contributed by atoms with Crippen LogP contribution in [0.4, 0.5) is 0 Å². The van der Waals surface area contributed by atoms with Gasteiger partial charge in [-0.1, -0.05) is 48.5 Å². The third-order valence-electron chi connectivity index (χ3n) is 3.88. The van der Waals surface area contributed by atoms with Crippen LogP contribution < -0.4 is 0 Å². The maximum Gasteiger partial charge on any atom is 0.0763 e. The van der Waals surface area contributed by atoms with E-state index in [-0.39, 0.29) is 0 Å². The van der Waals surface area contributed by atoms with Crippen molar-refractivity contribution < 1.29 is 0 Å². The average molecular weight is 296 g/mol. The Morgan fingerprint density at radius 3 is 1.90 bits per heavy atom. The van der Waals surface area contributed by atoms with Crippen molar-refractivity contribution in [2.75, 3.05) is 11.5 Å². The fourth-order valence-electron chi connectivity index (χ4n) is 2.96. The highest BCUT2D eigenvalue weighted by molar-refractivity contribution is 8.16. The van der Waals surface area contributed by atoms with Crippen molar-refractivity contribution in [3.8, 4) is 0 Å². The van der Waals surface area contributed by atoms with Crippen LogP contribution >= 0.6 is 23.5 Å². The fraction of sp³-hybridized carbons (Fsp3) is 0.222. The topological polar surface area (TPSA) is 0 Å². The Labute approximate surface area is 127 Å². The molecule has 3 aromatic rings. The Morgan fingerprint density at radius 2 is 1.30 bits per heavy atom. The van der Waals surface area contributed by atoms with Crippen molar-refractivity contribution in [2.24, 2.45) is 0 Å². The minimum atomic E-state index is 0.583. The number of rotatable bonds is 1. The predicted molar refractivity (Wildman–Crippen MR) is 93.7 cm³/mol. The lowest BCUT2D eigenvalue weighted by molar-refractivity contribution is 1.10. The third kappa shape index (κ3) is 2.11. The van der Waals surface area contributed by atoms with E-state index in [2.05, 4.69) is 78.1 Å². The maximum absolute atomic E-state index is 2.33. The second kappa shape index (κ2) is 5.34. The van der Waals surface area contributed by atoms with E-state index in [1.54, 1.807) is 0 Å². The summed E-state index contributed by atoms with van der Waals surface area (Å²) in [7, 11) is 0. The van der Waals surface area contributed by atoms with Gasteiger partial charge in [-0.2, -0.15) is 0 Å². The first kappa shape index (κ1) is 12.6. The molecule has 1 aliphatic rings.